The Bertz CT molecular complexity index is 1270. The van der Waals surface area contributed by atoms with Crippen molar-refractivity contribution >= 4 is 32.3 Å². The van der Waals surface area contributed by atoms with Crippen LogP contribution in [0.1, 0.15) is 15.9 Å². The number of rotatable bonds is 5. The molecule has 0 saturated heterocycles. The van der Waals surface area contributed by atoms with Gasteiger partial charge in [-0.15, -0.1) is 0 Å². The molecule has 0 unspecified atom stereocenters. The van der Waals surface area contributed by atoms with Crippen molar-refractivity contribution in [1.29, 1.82) is 0 Å². The Kier molecular flexibility index (Phi) is 4.85. The third-order valence-corrected chi connectivity index (χ3v) is 5.38. The van der Waals surface area contributed by atoms with Crippen LogP contribution in [0.5, 0.6) is 5.75 Å². The molecule has 2 heterocycles. The van der Waals surface area contributed by atoms with Gasteiger partial charge in [-0.2, -0.15) is 8.78 Å². The van der Waals surface area contributed by atoms with Crippen molar-refractivity contribution in [2.75, 3.05) is 5.73 Å². The molecule has 0 aliphatic carbocycles. The molecule has 0 aliphatic heterocycles. The fraction of sp³-hybridized carbons (Fsp3) is 0.0476. The lowest BCUT2D eigenvalue weighted by molar-refractivity contribution is -0.0501. The maximum absolute atomic E-state index is 13.2. The predicted molar refractivity (Wildman–Crippen MR) is 108 cm³/mol. The molecule has 0 fully saturated rings. The van der Waals surface area contributed by atoms with Crippen LogP contribution in [-0.4, -0.2) is 17.0 Å². The van der Waals surface area contributed by atoms with Gasteiger partial charge in [0.2, 0.25) is 0 Å². The average molecular weight is 412 g/mol. The fourth-order valence-electron chi connectivity index (χ4n) is 3.14. The van der Waals surface area contributed by atoms with Crippen molar-refractivity contribution in [1.82, 2.24) is 4.57 Å². The number of carbonyl (C=O) groups is 1. The van der Waals surface area contributed by atoms with Crippen LogP contribution in [0, 0.1) is 0 Å². The predicted octanol–water partition coefficient (Wildman–Crippen LogP) is 4.47. The highest BCUT2D eigenvalue weighted by Crippen LogP contribution is 2.36. The number of ketones is 1. The SMILES string of the molecule is Nc1sc2c(ccc(=O)n2-c2ccccc2)c1C(=O)c1ccccc1OC(F)F. The van der Waals surface area contributed by atoms with E-state index in [0.29, 0.717) is 15.9 Å². The van der Waals surface area contributed by atoms with Gasteiger partial charge in [-0.25, -0.2) is 0 Å². The first-order valence-electron chi connectivity index (χ1n) is 8.55. The van der Waals surface area contributed by atoms with Crippen LogP contribution < -0.4 is 16.0 Å². The Morgan fingerprint density at radius 3 is 2.41 bits per heavy atom. The van der Waals surface area contributed by atoms with E-state index in [2.05, 4.69) is 4.74 Å². The third-order valence-electron chi connectivity index (χ3n) is 4.36. The lowest BCUT2D eigenvalue weighted by Crippen LogP contribution is -2.16. The summed E-state index contributed by atoms with van der Waals surface area (Å²) in [7, 11) is 0. The van der Waals surface area contributed by atoms with Gasteiger partial charge in [-0.05, 0) is 30.3 Å². The number of thiophene rings is 1. The molecule has 146 valence electrons. The first kappa shape index (κ1) is 18.8. The summed E-state index contributed by atoms with van der Waals surface area (Å²) in [5.74, 6) is -0.786. The zero-order chi connectivity index (χ0) is 20.5. The molecule has 2 aromatic heterocycles. The van der Waals surface area contributed by atoms with E-state index in [0.717, 1.165) is 11.3 Å². The van der Waals surface area contributed by atoms with Gasteiger partial charge >= 0.3 is 6.61 Å². The van der Waals surface area contributed by atoms with Gasteiger partial charge in [-0.1, -0.05) is 41.7 Å². The Labute approximate surface area is 167 Å². The van der Waals surface area contributed by atoms with Gasteiger partial charge < -0.3 is 10.5 Å². The zero-order valence-electron chi connectivity index (χ0n) is 14.8. The number of fused-ring (bicyclic) bond motifs is 1. The van der Waals surface area contributed by atoms with Gasteiger partial charge in [0.25, 0.3) is 5.56 Å². The number of pyridine rings is 1. The molecule has 0 atom stereocenters. The van der Waals surface area contributed by atoms with E-state index in [1.165, 1.54) is 34.9 Å². The number of anilines is 1. The fourth-order valence-corrected chi connectivity index (χ4v) is 4.22. The van der Waals surface area contributed by atoms with Crippen LogP contribution in [0.25, 0.3) is 15.9 Å². The summed E-state index contributed by atoms with van der Waals surface area (Å²) >= 11 is 1.09. The van der Waals surface area contributed by atoms with Crippen LogP contribution in [0.2, 0.25) is 0 Å². The molecule has 0 spiro atoms. The number of hydrogen-bond donors (Lipinski definition) is 1. The quantitative estimate of drug-likeness (QED) is 0.491. The maximum Gasteiger partial charge on any atom is 0.387 e. The number of nitrogen functional groups attached to an aromatic ring is 1. The van der Waals surface area contributed by atoms with Crippen molar-refractivity contribution in [2.45, 2.75) is 6.61 Å². The molecule has 4 aromatic rings. The van der Waals surface area contributed by atoms with Crippen LogP contribution in [0.4, 0.5) is 13.8 Å². The lowest BCUT2D eigenvalue weighted by atomic mass is 10.0. The van der Waals surface area contributed by atoms with Crippen LogP contribution in [0.3, 0.4) is 0 Å². The van der Waals surface area contributed by atoms with Crippen LogP contribution in [0.15, 0.2) is 71.5 Å². The van der Waals surface area contributed by atoms with Gasteiger partial charge in [0.1, 0.15) is 10.6 Å². The number of nitrogens with zero attached hydrogens (tertiary/aromatic N) is 1. The largest absolute Gasteiger partial charge is 0.434 e. The Morgan fingerprint density at radius 2 is 1.69 bits per heavy atom. The summed E-state index contributed by atoms with van der Waals surface area (Å²) in [5.41, 5.74) is 6.61. The first-order valence-corrected chi connectivity index (χ1v) is 9.37. The van der Waals surface area contributed by atoms with E-state index >= 15 is 0 Å². The monoisotopic (exact) mass is 412 g/mol. The third kappa shape index (κ3) is 3.38. The van der Waals surface area contributed by atoms with Crippen molar-refractivity contribution in [3.05, 3.63) is 88.2 Å². The lowest BCUT2D eigenvalue weighted by Gasteiger charge is -2.10. The highest BCUT2D eigenvalue weighted by molar-refractivity contribution is 7.22. The topological polar surface area (TPSA) is 74.3 Å². The molecule has 29 heavy (non-hydrogen) atoms. The second-order valence-electron chi connectivity index (χ2n) is 6.11. The summed E-state index contributed by atoms with van der Waals surface area (Å²) in [6.45, 7) is -3.07. The minimum atomic E-state index is -3.07. The van der Waals surface area contributed by atoms with E-state index in [4.69, 9.17) is 5.73 Å². The van der Waals surface area contributed by atoms with E-state index in [1.54, 1.807) is 30.3 Å². The summed E-state index contributed by atoms with van der Waals surface area (Å²) in [4.78, 5) is 26.2. The number of carbonyl (C=O) groups excluding carboxylic acids is 1. The Hall–Kier alpha value is -3.52. The summed E-state index contributed by atoms with van der Waals surface area (Å²) in [5, 5.41) is 0.653. The molecule has 2 N–H and O–H groups in total. The smallest absolute Gasteiger partial charge is 0.387 e. The standard InChI is InChI=1S/C21H14F2N2O3S/c22-21(23)28-15-9-5-4-8-13(15)18(27)17-14-10-11-16(26)25(20(14)29-19(17)24)12-6-2-1-3-7-12/h1-11,21H,24H2. The number of hydrogen-bond acceptors (Lipinski definition) is 5. The van der Waals surface area contributed by atoms with Crippen LogP contribution in [-0.2, 0) is 0 Å². The van der Waals surface area contributed by atoms with Crippen molar-refractivity contribution in [3.8, 4) is 11.4 Å². The van der Waals surface area contributed by atoms with Crippen LogP contribution >= 0.6 is 11.3 Å². The number of benzene rings is 2. The number of para-hydroxylation sites is 2. The molecule has 4 rings (SSSR count). The number of aromatic nitrogens is 1. The Morgan fingerprint density at radius 1 is 1.00 bits per heavy atom. The number of alkyl halides is 2. The average Bonchev–Trinajstić information content (AvgIpc) is 3.03. The second-order valence-corrected chi connectivity index (χ2v) is 7.14. The molecule has 0 aliphatic rings. The maximum atomic E-state index is 13.2. The zero-order valence-corrected chi connectivity index (χ0v) is 15.7. The first-order chi connectivity index (χ1) is 14.0. The highest BCUT2D eigenvalue weighted by atomic mass is 32.1. The second kappa shape index (κ2) is 7.48. The van der Waals surface area contributed by atoms with E-state index < -0.39 is 12.4 Å². The van der Waals surface area contributed by atoms with Crippen molar-refractivity contribution in [3.63, 3.8) is 0 Å². The molecular weight excluding hydrogens is 398 g/mol. The van der Waals surface area contributed by atoms with Gasteiger partial charge in [0.05, 0.1) is 21.8 Å². The molecule has 5 nitrogen and oxygen atoms in total. The minimum Gasteiger partial charge on any atom is -0.434 e. The summed E-state index contributed by atoms with van der Waals surface area (Å²) in [6.07, 6.45) is 0. The summed E-state index contributed by atoms with van der Waals surface area (Å²) < 4.78 is 31.4. The minimum absolute atomic E-state index is 0.0309. The molecule has 0 amide bonds. The van der Waals surface area contributed by atoms with Gasteiger partial charge in [0.15, 0.2) is 5.78 Å². The molecule has 0 bridgehead atoms. The molecule has 2 aromatic carbocycles. The molecule has 8 heteroatoms. The number of nitrogens with two attached hydrogens (primary N) is 1. The highest BCUT2D eigenvalue weighted by Gasteiger charge is 2.24. The number of ether oxygens (including phenoxy) is 1. The van der Waals surface area contributed by atoms with E-state index in [-0.39, 0.29) is 27.4 Å². The molecular formula is C21H14F2N2O3S. The van der Waals surface area contributed by atoms with E-state index in [9.17, 15) is 18.4 Å². The Balaban J connectivity index is 1.92. The van der Waals surface area contributed by atoms with Crippen molar-refractivity contribution < 1.29 is 18.3 Å². The van der Waals surface area contributed by atoms with Gasteiger partial charge in [-0.3, -0.25) is 14.2 Å². The van der Waals surface area contributed by atoms with E-state index in [1.807, 2.05) is 6.07 Å². The summed E-state index contributed by atoms with van der Waals surface area (Å²) in [6, 6.07) is 17.6. The van der Waals surface area contributed by atoms with Gasteiger partial charge in [0, 0.05) is 11.5 Å². The van der Waals surface area contributed by atoms with Crippen molar-refractivity contribution in [2.24, 2.45) is 0 Å². The molecule has 0 radical (unpaired) electrons. The number of halogens is 2. The normalized spacial score (nSPS) is 11.1. The molecule has 0 saturated carbocycles.